The number of benzene rings is 2. The smallest absolute Gasteiger partial charge is 0.341 e. The Morgan fingerprint density at radius 3 is 2.38 bits per heavy atom. The second-order valence-corrected chi connectivity index (χ2v) is 5.64. The first-order chi connectivity index (χ1) is 12.5. The maximum absolute atomic E-state index is 13.1. The maximum Gasteiger partial charge on any atom is 0.341 e. The van der Waals surface area contributed by atoms with Crippen LogP contribution >= 0.6 is 0 Å². The van der Waals surface area contributed by atoms with Gasteiger partial charge < -0.3 is 14.9 Å². The first kappa shape index (κ1) is 17.3. The first-order valence-electron chi connectivity index (χ1n) is 7.82. The van der Waals surface area contributed by atoms with Gasteiger partial charge in [-0.3, -0.25) is 4.79 Å². The molecule has 3 rings (SSSR count). The van der Waals surface area contributed by atoms with Gasteiger partial charge in [-0.1, -0.05) is 23.4 Å². The average Bonchev–Trinajstić information content (AvgIpc) is 3.08. The van der Waals surface area contributed by atoms with Crippen LogP contribution in [-0.4, -0.2) is 22.1 Å². The van der Waals surface area contributed by atoms with Crippen LogP contribution in [0.2, 0.25) is 0 Å². The number of nitrogens with one attached hydrogen (secondary N) is 1. The van der Waals surface area contributed by atoms with E-state index in [4.69, 9.17) is 4.52 Å². The number of carboxylic acids is 1. The van der Waals surface area contributed by atoms with Crippen molar-refractivity contribution in [3.05, 3.63) is 77.3 Å². The van der Waals surface area contributed by atoms with Crippen LogP contribution in [0.4, 0.5) is 4.39 Å². The molecule has 1 aromatic heterocycles. The fraction of sp³-hybridized carbons (Fsp3) is 0.105. The number of rotatable bonds is 5. The van der Waals surface area contributed by atoms with Gasteiger partial charge in [-0.05, 0) is 43.3 Å². The molecule has 2 N–H and O–H groups in total. The number of carboxylic acid groups (broad SMARTS) is 1. The highest BCUT2D eigenvalue weighted by Gasteiger charge is 2.28. The Morgan fingerprint density at radius 1 is 1.12 bits per heavy atom. The summed E-state index contributed by atoms with van der Waals surface area (Å²) in [6.45, 7) is 1.60. The standard InChI is InChI=1S/C19H15FN2O4/c1-11(21-18(23)13-5-3-2-4-6-13)17-15(19(24)25)16(22-26-17)12-7-9-14(20)10-8-12/h2-11H,1H3,(H,21,23)(H,24,25). The van der Waals surface area contributed by atoms with E-state index in [2.05, 4.69) is 10.5 Å². The highest BCUT2D eigenvalue weighted by atomic mass is 19.1. The molecule has 0 bridgehead atoms. The average molecular weight is 354 g/mol. The monoisotopic (exact) mass is 354 g/mol. The van der Waals surface area contributed by atoms with Crippen LogP contribution in [0.1, 0.15) is 39.4 Å². The number of nitrogens with zero attached hydrogens (tertiary/aromatic N) is 1. The molecule has 1 amide bonds. The second-order valence-electron chi connectivity index (χ2n) is 5.64. The lowest BCUT2D eigenvalue weighted by molar-refractivity contribution is 0.0692. The zero-order chi connectivity index (χ0) is 18.7. The summed E-state index contributed by atoms with van der Waals surface area (Å²) in [6.07, 6.45) is 0. The minimum Gasteiger partial charge on any atom is -0.477 e. The molecule has 132 valence electrons. The summed E-state index contributed by atoms with van der Waals surface area (Å²) in [5.41, 5.74) is 0.751. The van der Waals surface area contributed by atoms with E-state index >= 15 is 0 Å². The molecular weight excluding hydrogens is 339 g/mol. The van der Waals surface area contributed by atoms with E-state index in [-0.39, 0.29) is 22.9 Å². The minimum absolute atomic E-state index is 0.0149. The number of hydrogen-bond acceptors (Lipinski definition) is 4. The van der Waals surface area contributed by atoms with Crippen molar-refractivity contribution in [1.82, 2.24) is 10.5 Å². The van der Waals surface area contributed by atoms with Crippen molar-refractivity contribution in [2.45, 2.75) is 13.0 Å². The molecule has 0 spiro atoms. The van der Waals surface area contributed by atoms with Gasteiger partial charge in [0.25, 0.3) is 5.91 Å². The van der Waals surface area contributed by atoms with Crippen LogP contribution in [0, 0.1) is 5.82 Å². The van der Waals surface area contributed by atoms with Crippen LogP contribution in [0.25, 0.3) is 11.3 Å². The van der Waals surface area contributed by atoms with Crippen LogP contribution in [0.3, 0.4) is 0 Å². The Bertz CT molecular complexity index is 936. The predicted octanol–water partition coefficient (Wildman–Crippen LogP) is 3.67. The lowest BCUT2D eigenvalue weighted by atomic mass is 10.0. The molecule has 0 aliphatic carbocycles. The normalized spacial score (nSPS) is 11.8. The minimum atomic E-state index is -1.25. The largest absolute Gasteiger partial charge is 0.477 e. The van der Waals surface area contributed by atoms with Crippen molar-refractivity contribution >= 4 is 11.9 Å². The summed E-state index contributed by atoms with van der Waals surface area (Å²) < 4.78 is 18.3. The molecule has 26 heavy (non-hydrogen) atoms. The van der Waals surface area contributed by atoms with Gasteiger partial charge in [0.1, 0.15) is 17.1 Å². The molecule has 0 saturated heterocycles. The fourth-order valence-corrected chi connectivity index (χ4v) is 2.54. The molecule has 0 aliphatic rings. The second kappa shape index (κ2) is 7.18. The molecule has 2 aromatic carbocycles. The van der Waals surface area contributed by atoms with Crippen molar-refractivity contribution in [1.29, 1.82) is 0 Å². The Labute approximate surface area is 148 Å². The highest BCUT2D eigenvalue weighted by molar-refractivity contribution is 5.97. The van der Waals surface area contributed by atoms with Gasteiger partial charge in [0.2, 0.25) is 0 Å². The molecule has 1 unspecified atom stereocenters. The zero-order valence-corrected chi connectivity index (χ0v) is 13.8. The van der Waals surface area contributed by atoms with Crippen molar-refractivity contribution < 1.29 is 23.6 Å². The lowest BCUT2D eigenvalue weighted by Gasteiger charge is -2.12. The highest BCUT2D eigenvalue weighted by Crippen LogP contribution is 2.29. The summed E-state index contributed by atoms with van der Waals surface area (Å²) in [6, 6.07) is 13.0. The van der Waals surface area contributed by atoms with E-state index < -0.39 is 17.8 Å². The van der Waals surface area contributed by atoms with E-state index in [1.807, 2.05) is 0 Å². The first-order valence-corrected chi connectivity index (χ1v) is 7.82. The number of carbonyl (C=O) groups excluding carboxylic acids is 1. The number of aromatic nitrogens is 1. The van der Waals surface area contributed by atoms with Gasteiger partial charge in [-0.25, -0.2) is 9.18 Å². The number of hydrogen-bond donors (Lipinski definition) is 2. The summed E-state index contributed by atoms with van der Waals surface area (Å²) >= 11 is 0. The topological polar surface area (TPSA) is 92.4 Å². The molecule has 0 aliphatic heterocycles. The summed E-state index contributed by atoms with van der Waals surface area (Å²) in [5.74, 6) is -2.05. The molecule has 1 atom stereocenters. The maximum atomic E-state index is 13.1. The quantitative estimate of drug-likeness (QED) is 0.729. The summed E-state index contributed by atoms with van der Waals surface area (Å²) in [5, 5.41) is 16.1. The van der Waals surface area contributed by atoms with Crippen molar-refractivity contribution in [3.8, 4) is 11.3 Å². The number of halogens is 1. The Morgan fingerprint density at radius 2 is 1.77 bits per heavy atom. The molecule has 0 fully saturated rings. The van der Waals surface area contributed by atoms with E-state index in [1.165, 1.54) is 24.3 Å². The van der Waals surface area contributed by atoms with Gasteiger partial charge in [-0.2, -0.15) is 0 Å². The van der Waals surface area contributed by atoms with Gasteiger partial charge in [0.15, 0.2) is 5.76 Å². The Kier molecular flexibility index (Phi) is 4.79. The van der Waals surface area contributed by atoms with Crippen molar-refractivity contribution in [2.75, 3.05) is 0 Å². The molecule has 6 nitrogen and oxygen atoms in total. The molecule has 0 radical (unpaired) electrons. The van der Waals surface area contributed by atoms with E-state index in [0.29, 0.717) is 11.1 Å². The number of aromatic carboxylic acids is 1. The van der Waals surface area contributed by atoms with Gasteiger partial charge in [0.05, 0.1) is 6.04 Å². The number of amides is 1. The third kappa shape index (κ3) is 3.46. The van der Waals surface area contributed by atoms with Crippen LogP contribution in [0.15, 0.2) is 59.1 Å². The van der Waals surface area contributed by atoms with Crippen molar-refractivity contribution in [2.24, 2.45) is 0 Å². The van der Waals surface area contributed by atoms with Crippen molar-refractivity contribution in [3.63, 3.8) is 0 Å². The summed E-state index contributed by atoms with van der Waals surface area (Å²) in [4.78, 5) is 24.0. The molecular formula is C19H15FN2O4. The van der Waals surface area contributed by atoms with Gasteiger partial charge in [0, 0.05) is 11.1 Å². The van der Waals surface area contributed by atoms with Crippen LogP contribution < -0.4 is 5.32 Å². The SMILES string of the molecule is CC(NC(=O)c1ccccc1)c1onc(-c2ccc(F)cc2)c1C(=O)O. The van der Waals surface area contributed by atoms with Gasteiger partial charge in [-0.15, -0.1) is 0 Å². The summed E-state index contributed by atoms with van der Waals surface area (Å²) in [7, 11) is 0. The lowest BCUT2D eigenvalue weighted by Crippen LogP contribution is -2.27. The van der Waals surface area contributed by atoms with Crippen LogP contribution in [0.5, 0.6) is 0 Å². The zero-order valence-electron chi connectivity index (χ0n) is 13.8. The molecule has 0 saturated carbocycles. The Balaban J connectivity index is 1.91. The molecule has 7 heteroatoms. The third-order valence-electron chi connectivity index (χ3n) is 3.83. The fourth-order valence-electron chi connectivity index (χ4n) is 2.54. The predicted molar refractivity (Wildman–Crippen MR) is 91.2 cm³/mol. The van der Waals surface area contributed by atoms with E-state index in [1.54, 1.807) is 37.3 Å². The van der Waals surface area contributed by atoms with Crippen LogP contribution in [-0.2, 0) is 0 Å². The van der Waals surface area contributed by atoms with Gasteiger partial charge >= 0.3 is 5.97 Å². The molecule has 1 heterocycles. The van der Waals surface area contributed by atoms with E-state index in [9.17, 15) is 19.1 Å². The van der Waals surface area contributed by atoms with E-state index in [0.717, 1.165) is 0 Å². The molecule has 3 aromatic rings. The third-order valence-corrected chi connectivity index (χ3v) is 3.83. The number of carbonyl (C=O) groups is 2. The Hall–Kier alpha value is -3.48.